The number of hydrogen-bond acceptors (Lipinski definition) is 5. The van der Waals surface area contributed by atoms with Gasteiger partial charge in [0.25, 0.3) is 5.91 Å². The van der Waals surface area contributed by atoms with Crippen molar-refractivity contribution in [2.75, 3.05) is 12.3 Å². The highest BCUT2D eigenvalue weighted by atomic mass is 32.1. The van der Waals surface area contributed by atoms with Gasteiger partial charge in [0.2, 0.25) is 0 Å². The molecule has 3 N–H and O–H groups in total. The molecule has 1 saturated heterocycles. The number of carboxylic acid groups (broad SMARTS) is 1. The van der Waals surface area contributed by atoms with Crippen LogP contribution in [0.1, 0.15) is 34.6 Å². The molecule has 0 bridgehead atoms. The van der Waals surface area contributed by atoms with Crippen LogP contribution < -0.4 is 5.73 Å². The van der Waals surface area contributed by atoms with Crippen LogP contribution in [-0.2, 0) is 4.79 Å². The third-order valence-corrected chi connectivity index (χ3v) is 4.03. The molecule has 1 aliphatic rings. The minimum absolute atomic E-state index is 0.270. The molecule has 0 radical (unpaired) electrons. The van der Waals surface area contributed by atoms with Crippen molar-refractivity contribution in [2.45, 2.75) is 32.2 Å². The Morgan fingerprint density at radius 2 is 2.22 bits per heavy atom. The van der Waals surface area contributed by atoms with E-state index >= 15 is 0 Å². The Morgan fingerprint density at radius 3 is 2.78 bits per heavy atom. The van der Waals surface area contributed by atoms with Crippen molar-refractivity contribution >= 4 is 28.3 Å². The molecule has 0 saturated carbocycles. The van der Waals surface area contributed by atoms with E-state index in [1.807, 2.05) is 0 Å². The third kappa shape index (κ3) is 2.31. The van der Waals surface area contributed by atoms with Gasteiger partial charge in [-0.15, -0.1) is 0 Å². The molecule has 1 aromatic heterocycles. The molecule has 18 heavy (non-hydrogen) atoms. The van der Waals surface area contributed by atoms with Crippen LogP contribution in [0.25, 0.3) is 0 Å². The highest BCUT2D eigenvalue weighted by molar-refractivity contribution is 7.17. The first-order valence-corrected chi connectivity index (χ1v) is 6.59. The summed E-state index contributed by atoms with van der Waals surface area (Å²) in [5, 5.41) is 9.48. The number of piperidine rings is 1. The zero-order valence-corrected chi connectivity index (χ0v) is 10.9. The Bertz CT molecular complexity index is 486. The average molecular weight is 269 g/mol. The standard InChI is InChI=1S/C11H15N3O3S/c1-6-8(18-11(12)13-6)9(15)14-5-3-2-4-7(14)10(16)17/h7H,2-5H2,1H3,(H2,12,13)(H,16,17)/t7-/m1/s1. The molecule has 2 rings (SSSR count). The van der Waals surface area contributed by atoms with Crippen LogP contribution in [0.5, 0.6) is 0 Å². The summed E-state index contributed by atoms with van der Waals surface area (Å²) >= 11 is 1.11. The molecular weight excluding hydrogens is 254 g/mol. The van der Waals surface area contributed by atoms with Gasteiger partial charge in [-0.2, -0.15) is 0 Å². The largest absolute Gasteiger partial charge is 0.480 e. The lowest BCUT2D eigenvalue weighted by molar-refractivity contribution is -0.143. The van der Waals surface area contributed by atoms with Crippen LogP contribution in [0.15, 0.2) is 0 Å². The number of anilines is 1. The van der Waals surface area contributed by atoms with Crippen LogP contribution >= 0.6 is 11.3 Å². The Labute approximate surface area is 108 Å². The van der Waals surface area contributed by atoms with Crippen molar-refractivity contribution in [1.29, 1.82) is 0 Å². The minimum atomic E-state index is -0.946. The quantitative estimate of drug-likeness (QED) is 0.838. The number of nitrogen functional groups attached to an aromatic ring is 1. The Kier molecular flexibility index (Phi) is 3.51. The van der Waals surface area contributed by atoms with Gasteiger partial charge < -0.3 is 15.7 Å². The van der Waals surface area contributed by atoms with E-state index in [0.717, 1.165) is 24.2 Å². The molecule has 0 unspecified atom stereocenters. The van der Waals surface area contributed by atoms with Gasteiger partial charge in [-0.3, -0.25) is 4.79 Å². The second-order valence-corrected chi connectivity index (χ2v) is 5.35. The molecule has 98 valence electrons. The first kappa shape index (κ1) is 12.8. The minimum Gasteiger partial charge on any atom is -0.480 e. The summed E-state index contributed by atoms with van der Waals surface area (Å²) in [6, 6.07) is -0.728. The van der Waals surface area contributed by atoms with Gasteiger partial charge in [-0.1, -0.05) is 11.3 Å². The molecule has 0 aromatic carbocycles. The first-order chi connectivity index (χ1) is 8.50. The fourth-order valence-corrected chi connectivity index (χ4v) is 2.97. The number of nitrogens with two attached hydrogens (primary N) is 1. The zero-order valence-electron chi connectivity index (χ0n) is 10.0. The van der Waals surface area contributed by atoms with Gasteiger partial charge in [-0.05, 0) is 26.2 Å². The Balaban J connectivity index is 2.26. The molecule has 2 heterocycles. The highest BCUT2D eigenvalue weighted by Crippen LogP contribution is 2.25. The van der Waals surface area contributed by atoms with E-state index in [4.69, 9.17) is 10.8 Å². The maximum absolute atomic E-state index is 12.3. The Hall–Kier alpha value is -1.63. The number of carbonyl (C=O) groups excluding carboxylic acids is 1. The highest BCUT2D eigenvalue weighted by Gasteiger charge is 2.33. The summed E-state index contributed by atoms with van der Waals surface area (Å²) < 4.78 is 0. The van der Waals surface area contributed by atoms with Gasteiger partial charge in [0.05, 0.1) is 5.69 Å². The van der Waals surface area contributed by atoms with E-state index in [-0.39, 0.29) is 5.91 Å². The van der Waals surface area contributed by atoms with E-state index in [1.54, 1.807) is 6.92 Å². The molecular formula is C11H15N3O3S. The molecule has 1 aliphatic heterocycles. The van der Waals surface area contributed by atoms with Crippen LogP contribution in [0.2, 0.25) is 0 Å². The number of aryl methyl sites for hydroxylation is 1. The van der Waals surface area contributed by atoms with Crippen molar-refractivity contribution in [3.8, 4) is 0 Å². The normalized spacial score (nSPS) is 19.8. The molecule has 1 fully saturated rings. The van der Waals surface area contributed by atoms with Crippen LogP contribution in [0.3, 0.4) is 0 Å². The maximum Gasteiger partial charge on any atom is 0.326 e. The fraction of sp³-hybridized carbons (Fsp3) is 0.545. The molecule has 0 spiro atoms. The fourth-order valence-electron chi connectivity index (χ4n) is 2.18. The van der Waals surface area contributed by atoms with Gasteiger partial charge in [0.1, 0.15) is 10.9 Å². The summed E-state index contributed by atoms with van der Waals surface area (Å²) in [6.07, 6.45) is 2.18. The number of aromatic nitrogens is 1. The molecule has 0 aliphatic carbocycles. The van der Waals surface area contributed by atoms with Crippen molar-refractivity contribution in [3.05, 3.63) is 10.6 Å². The monoisotopic (exact) mass is 269 g/mol. The van der Waals surface area contributed by atoms with Gasteiger partial charge in [0, 0.05) is 6.54 Å². The average Bonchev–Trinajstić information content (AvgIpc) is 2.67. The van der Waals surface area contributed by atoms with Crippen LogP contribution in [-0.4, -0.2) is 39.5 Å². The van der Waals surface area contributed by atoms with E-state index in [2.05, 4.69) is 4.98 Å². The van der Waals surface area contributed by atoms with Crippen molar-refractivity contribution < 1.29 is 14.7 Å². The predicted octanol–water partition coefficient (Wildman–Crippen LogP) is 1.11. The summed E-state index contributed by atoms with van der Waals surface area (Å²) in [5.41, 5.74) is 6.13. The number of likely N-dealkylation sites (tertiary alicyclic amines) is 1. The SMILES string of the molecule is Cc1nc(N)sc1C(=O)N1CCCC[C@@H]1C(=O)O. The second-order valence-electron chi connectivity index (χ2n) is 4.32. The molecule has 1 atom stereocenters. The second kappa shape index (κ2) is 4.93. The van der Waals surface area contributed by atoms with E-state index in [9.17, 15) is 9.59 Å². The van der Waals surface area contributed by atoms with Gasteiger partial charge in [0.15, 0.2) is 5.13 Å². The number of aliphatic carboxylic acids is 1. The maximum atomic E-state index is 12.3. The van der Waals surface area contributed by atoms with E-state index in [1.165, 1.54) is 4.90 Å². The zero-order chi connectivity index (χ0) is 13.3. The predicted molar refractivity (Wildman–Crippen MR) is 67.6 cm³/mol. The van der Waals surface area contributed by atoms with E-state index in [0.29, 0.717) is 28.7 Å². The molecule has 7 heteroatoms. The van der Waals surface area contributed by atoms with Crippen molar-refractivity contribution in [1.82, 2.24) is 9.88 Å². The summed E-state index contributed by atoms with van der Waals surface area (Å²) in [5.74, 6) is -1.22. The smallest absolute Gasteiger partial charge is 0.326 e. The lowest BCUT2D eigenvalue weighted by Gasteiger charge is -2.32. The number of carboxylic acids is 1. The Morgan fingerprint density at radius 1 is 1.50 bits per heavy atom. The third-order valence-electron chi connectivity index (χ3n) is 3.06. The molecule has 6 nitrogen and oxygen atoms in total. The number of thiazole rings is 1. The number of rotatable bonds is 2. The number of nitrogens with zero attached hydrogens (tertiary/aromatic N) is 2. The van der Waals surface area contributed by atoms with Crippen LogP contribution in [0, 0.1) is 6.92 Å². The number of carbonyl (C=O) groups is 2. The lowest BCUT2D eigenvalue weighted by atomic mass is 10.0. The van der Waals surface area contributed by atoms with Crippen molar-refractivity contribution in [2.24, 2.45) is 0 Å². The summed E-state index contributed by atoms with van der Waals surface area (Å²) in [6.45, 7) is 2.19. The van der Waals surface area contributed by atoms with Crippen LogP contribution in [0.4, 0.5) is 5.13 Å². The lowest BCUT2D eigenvalue weighted by Crippen LogP contribution is -2.47. The number of hydrogen-bond donors (Lipinski definition) is 2. The summed E-state index contributed by atoms with van der Waals surface area (Å²) in [4.78, 5) is 29.4. The van der Waals surface area contributed by atoms with Gasteiger partial charge in [-0.25, -0.2) is 9.78 Å². The number of amides is 1. The van der Waals surface area contributed by atoms with E-state index < -0.39 is 12.0 Å². The van der Waals surface area contributed by atoms with Crippen molar-refractivity contribution in [3.63, 3.8) is 0 Å². The first-order valence-electron chi connectivity index (χ1n) is 5.77. The van der Waals surface area contributed by atoms with Gasteiger partial charge >= 0.3 is 5.97 Å². The molecule has 1 amide bonds. The topological polar surface area (TPSA) is 96.5 Å². The summed E-state index contributed by atoms with van der Waals surface area (Å²) in [7, 11) is 0. The molecule has 1 aromatic rings.